The molecular weight excluding hydrogens is 220 g/mol. The molecule has 0 aliphatic carbocycles. The van der Waals surface area contributed by atoms with Crippen LogP contribution >= 0.6 is 0 Å². The second kappa shape index (κ2) is 6.56. The Hall–Kier alpha value is -1.14. The van der Waals surface area contributed by atoms with E-state index in [0.29, 0.717) is 18.5 Å². The average molecular weight is 242 g/mol. The number of urea groups is 1. The number of carbonyl (C=O) groups is 2. The average Bonchev–Trinajstić information content (AvgIpc) is 2.31. The smallest absolute Gasteiger partial charge is 0.321 e. The second-order valence-electron chi connectivity index (χ2n) is 4.58. The molecule has 3 amide bonds. The van der Waals surface area contributed by atoms with Crippen molar-refractivity contribution in [3.8, 4) is 0 Å². The molecule has 0 saturated carbocycles. The van der Waals surface area contributed by atoms with Crippen LogP contribution in [0.4, 0.5) is 4.79 Å². The first-order chi connectivity index (χ1) is 8.06. The summed E-state index contributed by atoms with van der Waals surface area (Å²) in [5.74, 6) is 0.188. The maximum Gasteiger partial charge on any atom is 0.321 e. The van der Waals surface area contributed by atoms with Crippen molar-refractivity contribution in [1.82, 2.24) is 15.5 Å². The first-order valence-electron chi connectivity index (χ1n) is 6.02. The van der Waals surface area contributed by atoms with Crippen molar-refractivity contribution in [3.63, 3.8) is 0 Å². The number of imide groups is 1. The molecule has 0 aromatic carbocycles. The Morgan fingerprint density at radius 3 is 2.71 bits per heavy atom. The summed E-state index contributed by atoms with van der Waals surface area (Å²) in [4.78, 5) is 24.6. The Morgan fingerprint density at radius 1 is 1.41 bits per heavy atom. The third kappa shape index (κ3) is 4.32. The molecule has 6 heteroatoms. The van der Waals surface area contributed by atoms with Crippen LogP contribution in [0.3, 0.4) is 0 Å². The van der Waals surface area contributed by atoms with Crippen LogP contribution in [0.25, 0.3) is 0 Å². The summed E-state index contributed by atoms with van der Waals surface area (Å²) in [6.45, 7) is 3.84. The van der Waals surface area contributed by atoms with Gasteiger partial charge in [0.1, 0.15) is 0 Å². The van der Waals surface area contributed by atoms with Crippen molar-refractivity contribution in [2.45, 2.75) is 25.8 Å². The predicted molar refractivity (Wildman–Crippen MR) is 65.4 cm³/mol. The summed E-state index contributed by atoms with van der Waals surface area (Å²) < 4.78 is 0. The van der Waals surface area contributed by atoms with Gasteiger partial charge in [-0.25, -0.2) is 4.79 Å². The monoisotopic (exact) mass is 242 g/mol. The van der Waals surface area contributed by atoms with E-state index < -0.39 is 6.03 Å². The minimum Gasteiger partial charge on any atom is -0.341 e. The molecule has 0 aromatic heterocycles. The van der Waals surface area contributed by atoms with E-state index in [2.05, 4.69) is 22.5 Å². The van der Waals surface area contributed by atoms with E-state index in [4.69, 9.17) is 5.73 Å². The van der Waals surface area contributed by atoms with Crippen LogP contribution in [0, 0.1) is 5.92 Å². The Morgan fingerprint density at radius 2 is 2.12 bits per heavy atom. The minimum atomic E-state index is -0.463. The summed E-state index contributed by atoms with van der Waals surface area (Å²) >= 11 is 0. The quantitative estimate of drug-likeness (QED) is 0.622. The van der Waals surface area contributed by atoms with Crippen molar-refractivity contribution < 1.29 is 9.59 Å². The van der Waals surface area contributed by atoms with E-state index in [-0.39, 0.29) is 12.5 Å². The van der Waals surface area contributed by atoms with Gasteiger partial charge in [0, 0.05) is 19.6 Å². The van der Waals surface area contributed by atoms with E-state index in [9.17, 15) is 9.59 Å². The molecule has 1 fully saturated rings. The molecular formula is C11H22N4O2. The number of rotatable bonds is 3. The third-order valence-electron chi connectivity index (χ3n) is 3.27. The highest BCUT2D eigenvalue weighted by molar-refractivity contribution is 5.95. The number of likely N-dealkylation sites (tertiary alicyclic amines) is 1. The van der Waals surface area contributed by atoms with Gasteiger partial charge in [0.05, 0.1) is 6.54 Å². The van der Waals surface area contributed by atoms with E-state index >= 15 is 0 Å². The minimum absolute atomic E-state index is 0.255. The van der Waals surface area contributed by atoms with Crippen LogP contribution in [-0.4, -0.2) is 49.6 Å². The highest BCUT2D eigenvalue weighted by Crippen LogP contribution is 2.20. The largest absolute Gasteiger partial charge is 0.341 e. The van der Waals surface area contributed by atoms with Gasteiger partial charge < -0.3 is 11.1 Å². The normalized spacial score (nSPS) is 25.4. The van der Waals surface area contributed by atoms with Crippen molar-refractivity contribution >= 4 is 11.9 Å². The molecule has 0 aromatic rings. The molecule has 4 N–H and O–H groups in total. The van der Waals surface area contributed by atoms with Crippen LogP contribution in [0.1, 0.15) is 19.8 Å². The van der Waals surface area contributed by atoms with Crippen LogP contribution < -0.4 is 16.4 Å². The van der Waals surface area contributed by atoms with Gasteiger partial charge in [-0.1, -0.05) is 0 Å². The lowest BCUT2D eigenvalue weighted by Crippen LogP contribution is -2.50. The predicted octanol–water partition coefficient (Wildman–Crippen LogP) is -0.499. The van der Waals surface area contributed by atoms with Crippen molar-refractivity contribution in [3.05, 3.63) is 0 Å². The maximum absolute atomic E-state index is 11.6. The highest BCUT2D eigenvalue weighted by atomic mass is 16.2. The van der Waals surface area contributed by atoms with Gasteiger partial charge >= 0.3 is 6.03 Å². The van der Waals surface area contributed by atoms with Gasteiger partial charge in [-0.05, 0) is 32.2 Å². The van der Waals surface area contributed by atoms with Gasteiger partial charge in [-0.15, -0.1) is 0 Å². The first kappa shape index (κ1) is 13.9. The molecule has 1 rings (SSSR count). The fourth-order valence-corrected chi connectivity index (χ4v) is 2.09. The van der Waals surface area contributed by atoms with Crippen LogP contribution in [0.5, 0.6) is 0 Å². The number of hydrogen-bond donors (Lipinski definition) is 3. The fraction of sp³-hybridized carbons (Fsp3) is 0.818. The molecule has 0 spiro atoms. The fourth-order valence-electron chi connectivity index (χ4n) is 2.09. The zero-order valence-corrected chi connectivity index (χ0v) is 10.5. The van der Waals surface area contributed by atoms with Gasteiger partial charge in [0.15, 0.2) is 0 Å². The van der Waals surface area contributed by atoms with Crippen molar-refractivity contribution in [1.29, 1.82) is 0 Å². The molecule has 2 atom stereocenters. The van der Waals surface area contributed by atoms with Gasteiger partial charge in [0.25, 0.3) is 0 Å². The lowest BCUT2D eigenvalue weighted by molar-refractivity contribution is -0.122. The SMILES string of the molecule is CNC(=O)NC(=O)CN1CC(CN)CCC1C. The van der Waals surface area contributed by atoms with Crippen LogP contribution in [-0.2, 0) is 4.79 Å². The number of carbonyl (C=O) groups excluding carboxylic acids is 2. The van der Waals surface area contributed by atoms with E-state index in [0.717, 1.165) is 19.4 Å². The number of amides is 3. The topological polar surface area (TPSA) is 87.5 Å². The first-order valence-corrected chi connectivity index (χ1v) is 6.02. The molecule has 98 valence electrons. The molecule has 1 aliphatic rings. The highest BCUT2D eigenvalue weighted by Gasteiger charge is 2.26. The summed E-state index contributed by atoms with van der Waals surface area (Å²) in [6.07, 6.45) is 2.17. The Balaban J connectivity index is 2.42. The Kier molecular flexibility index (Phi) is 5.37. The summed E-state index contributed by atoms with van der Waals surface area (Å²) in [5, 5.41) is 4.62. The number of nitrogens with one attached hydrogen (secondary N) is 2. The Labute approximate surface area is 102 Å². The third-order valence-corrected chi connectivity index (χ3v) is 3.27. The molecule has 6 nitrogen and oxygen atoms in total. The Bertz CT molecular complexity index is 283. The molecule has 0 radical (unpaired) electrons. The molecule has 0 bridgehead atoms. The van der Waals surface area contributed by atoms with E-state index in [1.807, 2.05) is 0 Å². The number of piperidine rings is 1. The van der Waals surface area contributed by atoms with Crippen molar-refractivity contribution in [2.75, 3.05) is 26.7 Å². The molecule has 1 saturated heterocycles. The summed E-state index contributed by atoms with van der Waals surface area (Å²) in [6, 6.07) is -0.0942. The van der Waals surface area contributed by atoms with Crippen LogP contribution in [0.2, 0.25) is 0 Å². The molecule has 17 heavy (non-hydrogen) atoms. The standard InChI is InChI=1S/C11H22N4O2/c1-8-3-4-9(5-12)6-15(8)7-10(16)14-11(17)13-2/h8-9H,3-7,12H2,1-2H3,(H2,13,14,16,17). The lowest BCUT2D eigenvalue weighted by atomic mass is 9.93. The van der Waals surface area contributed by atoms with E-state index in [1.54, 1.807) is 0 Å². The van der Waals surface area contributed by atoms with Gasteiger partial charge in [0.2, 0.25) is 5.91 Å². The van der Waals surface area contributed by atoms with Gasteiger partial charge in [-0.3, -0.25) is 15.0 Å². The summed E-state index contributed by atoms with van der Waals surface area (Å²) in [5.41, 5.74) is 5.65. The number of nitrogens with two attached hydrogens (primary N) is 1. The zero-order valence-electron chi connectivity index (χ0n) is 10.5. The van der Waals surface area contributed by atoms with Crippen molar-refractivity contribution in [2.24, 2.45) is 11.7 Å². The zero-order chi connectivity index (χ0) is 12.8. The van der Waals surface area contributed by atoms with E-state index in [1.165, 1.54) is 7.05 Å². The summed E-state index contributed by atoms with van der Waals surface area (Å²) in [7, 11) is 1.48. The van der Waals surface area contributed by atoms with Crippen LogP contribution in [0.15, 0.2) is 0 Å². The lowest BCUT2D eigenvalue weighted by Gasteiger charge is -2.37. The number of nitrogens with zero attached hydrogens (tertiary/aromatic N) is 1. The molecule has 2 unspecified atom stereocenters. The number of hydrogen-bond acceptors (Lipinski definition) is 4. The molecule has 1 aliphatic heterocycles. The maximum atomic E-state index is 11.6. The van der Waals surface area contributed by atoms with Gasteiger partial charge in [-0.2, -0.15) is 0 Å². The molecule has 1 heterocycles. The second-order valence-corrected chi connectivity index (χ2v) is 4.58.